The Hall–Kier alpha value is -2.04. The van der Waals surface area contributed by atoms with E-state index in [2.05, 4.69) is 0 Å². The highest BCUT2D eigenvalue weighted by molar-refractivity contribution is 5.89. The van der Waals surface area contributed by atoms with Crippen molar-refractivity contribution in [3.05, 3.63) is 34.9 Å². The van der Waals surface area contributed by atoms with Crippen LogP contribution >= 0.6 is 0 Å². The first kappa shape index (κ1) is 16.3. The molecule has 22 heavy (non-hydrogen) atoms. The van der Waals surface area contributed by atoms with Gasteiger partial charge < -0.3 is 14.4 Å². The molecule has 1 amide bonds. The molecule has 5 heteroatoms. The summed E-state index contributed by atoms with van der Waals surface area (Å²) in [4.78, 5) is 25.7. The maximum absolute atomic E-state index is 12.3. The van der Waals surface area contributed by atoms with Gasteiger partial charge in [-0.1, -0.05) is 6.07 Å². The van der Waals surface area contributed by atoms with E-state index in [9.17, 15) is 9.59 Å². The smallest absolute Gasteiger partial charge is 0.410 e. The number of esters is 1. The lowest BCUT2D eigenvalue weighted by Crippen LogP contribution is -2.45. The second kappa shape index (κ2) is 5.99. The molecule has 1 aliphatic rings. The summed E-state index contributed by atoms with van der Waals surface area (Å²) in [6, 6.07) is 5.56. The highest BCUT2D eigenvalue weighted by Crippen LogP contribution is 2.26. The molecule has 2 rings (SSSR count). The monoisotopic (exact) mass is 305 g/mol. The second-order valence-electron chi connectivity index (χ2n) is 6.64. The van der Waals surface area contributed by atoms with Crippen LogP contribution in [0.2, 0.25) is 0 Å². The molecular formula is C17H23NO4. The van der Waals surface area contributed by atoms with Gasteiger partial charge in [-0.25, -0.2) is 9.59 Å². The van der Waals surface area contributed by atoms with E-state index in [1.165, 1.54) is 7.11 Å². The Morgan fingerprint density at radius 2 is 1.91 bits per heavy atom. The molecule has 1 unspecified atom stereocenters. The average molecular weight is 305 g/mol. The second-order valence-corrected chi connectivity index (χ2v) is 6.64. The van der Waals surface area contributed by atoms with Gasteiger partial charge in [0.2, 0.25) is 0 Å². The number of amides is 1. The van der Waals surface area contributed by atoms with Crippen molar-refractivity contribution in [3.8, 4) is 0 Å². The first-order valence-corrected chi connectivity index (χ1v) is 7.41. The van der Waals surface area contributed by atoms with E-state index in [4.69, 9.17) is 9.47 Å². The van der Waals surface area contributed by atoms with Crippen LogP contribution in [0.15, 0.2) is 18.2 Å². The molecule has 0 bridgehead atoms. The molecule has 1 heterocycles. The summed E-state index contributed by atoms with van der Waals surface area (Å²) in [6.45, 7) is 7.99. The minimum Gasteiger partial charge on any atom is -0.465 e. The number of methoxy groups -OCH3 is 1. The van der Waals surface area contributed by atoms with Gasteiger partial charge in [0.1, 0.15) is 5.60 Å². The Bertz CT molecular complexity index is 589. The van der Waals surface area contributed by atoms with Crippen molar-refractivity contribution >= 4 is 12.1 Å². The van der Waals surface area contributed by atoms with Gasteiger partial charge >= 0.3 is 12.1 Å². The SMILES string of the molecule is COC(=O)c1ccc2c(c1)CN(C(=O)OC(C)(C)C)C(C)C2. The molecule has 0 fully saturated rings. The highest BCUT2D eigenvalue weighted by Gasteiger charge is 2.30. The van der Waals surface area contributed by atoms with Crippen molar-refractivity contribution in [1.82, 2.24) is 4.90 Å². The minimum atomic E-state index is -0.523. The summed E-state index contributed by atoms with van der Waals surface area (Å²) in [5, 5.41) is 0. The summed E-state index contributed by atoms with van der Waals surface area (Å²) in [6.07, 6.45) is 0.421. The lowest BCUT2D eigenvalue weighted by Gasteiger charge is -2.36. The fourth-order valence-electron chi connectivity index (χ4n) is 2.55. The van der Waals surface area contributed by atoms with Gasteiger partial charge in [0, 0.05) is 12.6 Å². The molecule has 1 aliphatic heterocycles. The molecular weight excluding hydrogens is 282 g/mol. The first-order valence-electron chi connectivity index (χ1n) is 7.41. The maximum Gasteiger partial charge on any atom is 0.410 e. The van der Waals surface area contributed by atoms with Gasteiger partial charge in [-0.05, 0) is 57.4 Å². The van der Waals surface area contributed by atoms with Crippen LogP contribution in [0.3, 0.4) is 0 Å². The molecule has 1 aromatic carbocycles. The fraction of sp³-hybridized carbons (Fsp3) is 0.529. The van der Waals surface area contributed by atoms with Gasteiger partial charge in [-0.15, -0.1) is 0 Å². The molecule has 0 radical (unpaired) electrons. The van der Waals surface area contributed by atoms with E-state index < -0.39 is 5.60 Å². The van der Waals surface area contributed by atoms with Crippen LogP contribution in [-0.4, -0.2) is 35.7 Å². The predicted octanol–water partition coefficient (Wildman–Crippen LogP) is 3.15. The molecule has 1 atom stereocenters. The first-order chi connectivity index (χ1) is 10.2. The Labute approximate surface area is 131 Å². The average Bonchev–Trinajstić information content (AvgIpc) is 2.43. The van der Waals surface area contributed by atoms with E-state index in [1.54, 1.807) is 17.0 Å². The van der Waals surface area contributed by atoms with Crippen molar-refractivity contribution in [2.45, 2.75) is 52.3 Å². The van der Waals surface area contributed by atoms with Crippen LogP contribution in [0, 0.1) is 0 Å². The molecule has 0 aromatic heterocycles. The number of fused-ring (bicyclic) bond motifs is 1. The zero-order valence-electron chi connectivity index (χ0n) is 13.8. The van der Waals surface area contributed by atoms with Gasteiger partial charge in [0.15, 0.2) is 0 Å². The molecule has 1 aromatic rings. The number of benzene rings is 1. The molecule has 120 valence electrons. The molecule has 0 spiro atoms. The maximum atomic E-state index is 12.3. The standard InChI is InChI=1S/C17H23NO4/c1-11-8-12-6-7-13(15(19)21-5)9-14(12)10-18(11)16(20)22-17(2,3)4/h6-7,9,11H,8,10H2,1-5H3. The van der Waals surface area contributed by atoms with Crippen molar-refractivity contribution in [2.24, 2.45) is 0 Å². The van der Waals surface area contributed by atoms with Crippen molar-refractivity contribution in [1.29, 1.82) is 0 Å². The Morgan fingerprint density at radius 3 is 2.50 bits per heavy atom. The van der Waals surface area contributed by atoms with Crippen LogP contribution < -0.4 is 0 Å². The largest absolute Gasteiger partial charge is 0.465 e. The van der Waals surface area contributed by atoms with Gasteiger partial charge in [0.05, 0.1) is 12.7 Å². The zero-order chi connectivity index (χ0) is 16.5. The van der Waals surface area contributed by atoms with Gasteiger partial charge in [-0.2, -0.15) is 0 Å². The van der Waals surface area contributed by atoms with Crippen molar-refractivity contribution < 1.29 is 19.1 Å². The molecule has 5 nitrogen and oxygen atoms in total. The van der Waals surface area contributed by atoms with E-state index in [0.717, 1.165) is 17.5 Å². The number of ether oxygens (including phenoxy) is 2. The summed E-state index contributed by atoms with van der Waals surface area (Å²) >= 11 is 0. The third kappa shape index (κ3) is 3.59. The molecule has 0 saturated carbocycles. The van der Waals surface area contributed by atoms with E-state index >= 15 is 0 Å². The van der Waals surface area contributed by atoms with E-state index in [-0.39, 0.29) is 18.1 Å². The third-order valence-corrected chi connectivity index (χ3v) is 3.64. The fourth-order valence-corrected chi connectivity index (χ4v) is 2.55. The van der Waals surface area contributed by atoms with Crippen LogP contribution in [0.25, 0.3) is 0 Å². The normalized spacial score (nSPS) is 17.7. The third-order valence-electron chi connectivity index (χ3n) is 3.64. The van der Waals surface area contributed by atoms with Crippen LogP contribution in [0.1, 0.15) is 49.2 Å². The minimum absolute atomic E-state index is 0.0614. The summed E-state index contributed by atoms with van der Waals surface area (Å²) in [5.74, 6) is -0.370. The number of carbonyl (C=O) groups is 2. The van der Waals surface area contributed by atoms with Crippen LogP contribution in [-0.2, 0) is 22.4 Å². The highest BCUT2D eigenvalue weighted by atomic mass is 16.6. The van der Waals surface area contributed by atoms with Crippen LogP contribution in [0.4, 0.5) is 4.79 Å². The number of hydrogen-bond acceptors (Lipinski definition) is 4. The molecule has 0 N–H and O–H groups in total. The quantitative estimate of drug-likeness (QED) is 0.748. The lowest BCUT2D eigenvalue weighted by atomic mass is 9.93. The van der Waals surface area contributed by atoms with Gasteiger partial charge in [-0.3, -0.25) is 0 Å². The van der Waals surface area contributed by atoms with Gasteiger partial charge in [0.25, 0.3) is 0 Å². The van der Waals surface area contributed by atoms with E-state index in [1.807, 2.05) is 33.8 Å². The van der Waals surface area contributed by atoms with Crippen LogP contribution in [0.5, 0.6) is 0 Å². The Kier molecular flexibility index (Phi) is 4.44. The number of nitrogens with zero attached hydrogens (tertiary/aromatic N) is 1. The predicted molar refractivity (Wildman–Crippen MR) is 82.7 cm³/mol. The Morgan fingerprint density at radius 1 is 1.23 bits per heavy atom. The topological polar surface area (TPSA) is 55.8 Å². The summed E-state index contributed by atoms with van der Waals surface area (Å²) < 4.78 is 10.2. The lowest BCUT2D eigenvalue weighted by molar-refractivity contribution is 0.0138. The van der Waals surface area contributed by atoms with Crippen molar-refractivity contribution in [2.75, 3.05) is 7.11 Å². The molecule has 0 aliphatic carbocycles. The number of hydrogen-bond donors (Lipinski definition) is 0. The summed E-state index contributed by atoms with van der Waals surface area (Å²) in [5.41, 5.74) is 2.09. The summed E-state index contributed by atoms with van der Waals surface area (Å²) in [7, 11) is 1.36. The molecule has 0 saturated heterocycles. The van der Waals surface area contributed by atoms with E-state index in [0.29, 0.717) is 12.1 Å². The Balaban J connectivity index is 2.23. The zero-order valence-corrected chi connectivity index (χ0v) is 13.8. The number of carbonyl (C=O) groups excluding carboxylic acids is 2. The van der Waals surface area contributed by atoms with Crippen molar-refractivity contribution in [3.63, 3.8) is 0 Å². The number of rotatable bonds is 1.